The Bertz CT molecular complexity index is 800. The van der Waals surface area contributed by atoms with Crippen LogP contribution >= 0.6 is 23.4 Å². The van der Waals surface area contributed by atoms with Gasteiger partial charge in [0, 0.05) is 11.2 Å². The number of amides is 2. The number of methoxy groups -OCH3 is 1. The minimum Gasteiger partial charge on any atom is -0.495 e. The van der Waals surface area contributed by atoms with Gasteiger partial charge in [-0.2, -0.15) is 0 Å². The average Bonchev–Trinajstić information content (AvgIpc) is 2.58. The normalized spacial score (nSPS) is 13.4. The third-order valence-corrected chi connectivity index (χ3v) is 4.63. The molecule has 8 heteroatoms. The van der Waals surface area contributed by atoms with Crippen LogP contribution in [0.3, 0.4) is 0 Å². The summed E-state index contributed by atoms with van der Waals surface area (Å²) in [6, 6.07) is 8.45. The number of pyridine rings is 1. The fourth-order valence-electron chi connectivity index (χ4n) is 2.33. The van der Waals surface area contributed by atoms with Gasteiger partial charge in [0.05, 0.1) is 24.2 Å². The molecule has 2 amide bonds. The number of nitrogens with zero attached hydrogens (tertiary/aromatic N) is 2. The van der Waals surface area contributed by atoms with Gasteiger partial charge in [0.15, 0.2) is 0 Å². The number of anilines is 2. The van der Waals surface area contributed by atoms with E-state index in [4.69, 9.17) is 16.3 Å². The first-order valence-electron chi connectivity index (χ1n) is 7.10. The van der Waals surface area contributed by atoms with Gasteiger partial charge in [-0.3, -0.25) is 14.5 Å². The summed E-state index contributed by atoms with van der Waals surface area (Å²) in [4.78, 5) is 30.2. The van der Waals surface area contributed by atoms with Crippen molar-refractivity contribution in [2.75, 3.05) is 29.6 Å². The highest BCUT2D eigenvalue weighted by molar-refractivity contribution is 8.00. The topological polar surface area (TPSA) is 71.5 Å². The molecule has 0 radical (unpaired) electrons. The summed E-state index contributed by atoms with van der Waals surface area (Å²) in [5.74, 6) is 0.285. The number of nitrogens with one attached hydrogen (secondary N) is 1. The molecule has 0 unspecified atom stereocenters. The van der Waals surface area contributed by atoms with Crippen LogP contribution in [0.5, 0.6) is 5.75 Å². The van der Waals surface area contributed by atoms with E-state index in [1.165, 1.54) is 23.8 Å². The number of carbonyl (C=O) groups excluding carboxylic acids is 2. The maximum absolute atomic E-state index is 12.4. The van der Waals surface area contributed by atoms with Crippen LogP contribution in [-0.2, 0) is 9.59 Å². The number of aromatic nitrogens is 1. The SMILES string of the molecule is COc1ccc(Cl)cc1NC(=O)CN1C(=O)CSc2ncccc21. The van der Waals surface area contributed by atoms with Crippen LogP contribution in [0.2, 0.25) is 5.02 Å². The minimum atomic E-state index is -0.342. The Morgan fingerprint density at radius 3 is 3.08 bits per heavy atom. The molecule has 6 nitrogen and oxygen atoms in total. The van der Waals surface area contributed by atoms with E-state index >= 15 is 0 Å². The number of fused-ring (bicyclic) bond motifs is 1. The molecule has 124 valence electrons. The Hall–Kier alpha value is -2.25. The zero-order chi connectivity index (χ0) is 17.1. The molecule has 1 aliphatic rings. The number of ether oxygens (including phenoxy) is 1. The predicted octanol–water partition coefficient (Wildman–Crippen LogP) is 2.82. The first kappa shape index (κ1) is 16.6. The summed E-state index contributed by atoms with van der Waals surface area (Å²) in [6.45, 7) is -0.103. The van der Waals surface area contributed by atoms with Crippen molar-refractivity contribution in [3.63, 3.8) is 0 Å². The summed E-state index contributed by atoms with van der Waals surface area (Å²) in [7, 11) is 1.51. The van der Waals surface area contributed by atoms with Crippen molar-refractivity contribution < 1.29 is 14.3 Å². The zero-order valence-electron chi connectivity index (χ0n) is 12.8. The molecule has 0 aliphatic carbocycles. The van der Waals surface area contributed by atoms with Gasteiger partial charge in [-0.1, -0.05) is 23.4 Å². The molecule has 24 heavy (non-hydrogen) atoms. The zero-order valence-corrected chi connectivity index (χ0v) is 14.4. The Labute approximate surface area is 148 Å². The molecule has 0 saturated heterocycles. The van der Waals surface area contributed by atoms with E-state index in [1.54, 1.807) is 36.5 Å². The van der Waals surface area contributed by atoms with Gasteiger partial charge in [0.2, 0.25) is 11.8 Å². The molecule has 0 saturated carbocycles. The quantitative estimate of drug-likeness (QED) is 0.904. The van der Waals surface area contributed by atoms with Gasteiger partial charge < -0.3 is 10.1 Å². The second kappa shape index (κ2) is 7.11. The van der Waals surface area contributed by atoms with Gasteiger partial charge >= 0.3 is 0 Å². The standard InChI is InChI=1S/C16H14ClN3O3S/c1-23-13-5-4-10(17)7-11(13)19-14(21)8-20-12-3-2-6-18-16(12)24-9-15(20)22/h2-7H,8-9H2,1H3,(H,19,21). The van der Waals surface area contributed by atoms with E-state index in [-0.39, 0.29) is 24.1 Å². The van der Waals surface area contributed by atoms with Gasteiger partial charge in [0.25, 0.3) is 0 Å². The molecule has 1 aromatic heterocycles. The molecule has 2 aromatic rings. The van der Waals surface area contributed by atoms with Crippen LogP contribution in [0.4, 0.5) is 11.4 Å². The van der Waals surface area contributed by atoms with Crippen molar-refractivity contribution in [3.8, 4) is 5.75 Å². The van der Waals surface area contributed by atoms with E-state index in [0.717, 1.165) is 5.03 Å². The third-order valence-electron chi connectivity index (χ3n) is 3.41. The number of thioether (sulfide) groups is 1. The lowest BCUT2D eigenvalue weighted by Crippen LogP contribution is -2.41. The second-order valence-corrected chi connectivity index (χ2v) is 6.39. The van der Waals surface area contributed by atoms with Crippen LogP contribution in [-0.4, -0.2) is 36.2 Å². The monoisotopic (exact) mass is 363 g/mol. The highest BCUT2D eigenvalue weighted by atomic mass is 35.5. The van der Waals surface area contributed by atoms with Crippen molar-refractivity contribution in [1.82, 2.24) is 4.98 Å². The minimum absolute atomic E-state index is 0.103. The van der Waals surface area contributed by atoms with Crippen LogP contribution < -0.4 is 15.0 Å². The summed E-state index contributed by atoms with van der Waals surface area (Å²) in [6.07, 6.45) is 1.66. The largest absolute Gasteiger partial charge is 0.495 e. The maximum Gasteiger partial charge on any atom is 0.244 e. The fourth-order valence-corrected chi connectivity index (χ4v) is 3.38. The Morgan fingerprint density at radius 2 is 2.29 bits per heavy atom. The first-order chi connectivity index (χ1) is 11.6. The molecule has 0 bridgehead atoms. The predicted molar refractivity (Wildman–Crippen MR) is 93.9 cm³/mol. The lowest BCUT2D eigenvalue weighted by atomic mass is 10.2. The third kappa shape index (κ3) is 3.47. The molecular formula is C16H14ClN3O3S. The molecule has 1 N–H and O–H groups in total. The van der Waals surface area contributed by atoms with Crippen molar-refractivity contribution in [3.05, 3.63) is 41.6 Å². The van der Waals surface area contributed by atoms with Crippen molar-refractivity contribution >= 4 is 46.6 Å². The number of rotatable bonds is 4. The van der Waals surface area contributed by atoms with Gasteiger partial charge in [-0.25, -0.2) is 4.98 Å². The van der Waals surface area contributed by atoms with Crippen LogP contribution in [0, 0.1) is 0 Å². The second-order valence-electron chi connectivity index (χ2n) is 4.99. The first-order valence-corrected chi connectivity index (χ1v) is 8.46. The van der Waals surface area contributed by atoms with Crippen LogP contribution in [0.25, 0.3) is 0 Å². The van der Waals surface area contributed by atoms with E-state index in [9.17, 15) is 9.59 Å². The molecular weight excluding hydrogens is 350 g/mol. The number of hydrogen-bond donors (Lipinski definition) is 1. The Morgan fingerprint density at radius 1 is 1.46 bits per heavy atom. The summed E-state index contributed by atoms with van der Waals surface area (Å²) < 4.78 is 5.20. The lowest BCUT2D eigenvalue weighted by Gasteiger charge is -2.27. The number of carbonyl (C=O) groups is 2. The van der Waals surface area contributed by atoms with Crippen LogP contribution in [0.15, 0.2) is 41.6 Å². The molecule has 1 aliphatic heterocycles. The summed E-state index contributed by atoms with van der Waals surface area (Å²) in [5, 5.41) is 3.95. The van der Waals surface area contributed by atoms with Gasteiger partial charge in [-0.05, 0) is 30.3 Å². The van der Waals surface area contributed by atoms with Crippen molar-refractivity contribution in [2.45, 2.75) is 5.03 Å². The molecule has 0 atom stereocenters. The number of hydrogen-bond acceptors (Lipinski definition) is 5. The Kier molecular flexibility index (Phi) is 4.92. The maximum atomic E-state index is 12.4. The fraction of sp³-hybridized carbons (Fsp3) is 0.188. The average molecular weight is 364 g/mol. The van der Waals surface area contributed by atoms with E-state index in [0.29, 0.717) is 22.1 Å². The number of benzene rings is 1. The smallest absolute Gasteiger partial charge is 0.244 e. The van der Waals surface area contributed by atoms with Crippen molar-refractivity contribution in [1.29, 1.82) is 0 Å². The number of halogens is 1. The molecule has 2 heterocycles. The molecule has 0 fully saturated rings. The van der Waals surface area contributed by atoms with Gasteiger partial charge in [-0.15, -0.1) is 0 Å². The molecule has 3 rings (SSSR count). The summed E-state index contributed by atoms with van der Waals surface area (Å²) >= 11 is 7.33. The summed E-state index contributed by atoms with van der Waals surface area (Å²) in [5.41, 5.74) is 1.10. The van der Waals surface area contributed by atoms with E-state index in [2.05, 4.69) is 10.3 Å². The van der Waals surface area contributed by atoms with E-state index < -0.39 is 0 Å². The highest BCUT2D eigenvalue weighted by Gasteiger charge is 2.27. The molecule has 1 aromatic carbocycles. The highest BCUT2D eigenvalue weighted by Crippen LogP contribution is 2.33. The van der Waals surface area contributed by atoms with Crippen molar-refractivity contribution in [2.24, 2.45) is 0 Å². The van der Waals surface area contributed by atoms with Gasteiger partial charge in [0.1, 0.15) is 17.3 Å². The molecule has 0 spiro atoms. The Balaban J connectivity index is 1.78. The van der Waals surface area contributed by atoms with Crippen LogP contribution in [0.1, 0.15) is 0 Å². The van der Waals surface area contributed by atoms with E-state index in [1.807, 2.05) is 0 Å². The lowest BCUT2D eigenvalue weighted by molar-refractivity contribution is -0.120.